The fourth-order valence-corrected chi connectivity index (χ4v) is 2.41. The molecule has 1 amide bonds. The predicted molar refractivity (Wildman–Crippen MR) is 63.8 cm³/mol. The van der Waals surface area contributed by atoms with E-state index in [4.69, 9.17) is 5.73 Å². The second-order valence-corrected chi connectivity index (χ2v) is 5.05. The van der Waals surface area contributed by atoms with Crippen LogP contribution >= 0.6 is 0 Å². The first-order valence-electron chi connectivity index (χ1n) is 6.24. The number of amides is 1. The molecule has 4 unspecified atom stereocenters. The molecular formula is C12H24N2O2. The number of hydrogen-bond donors (Lipinski definition) is 3. The molecule has 0 bridgehead atoms. The van der Waals surface area contributed by atoms with E-state index < -0.39 is 0 Å². The van der Waals surface area contributed by atoms with Gasteiger partial charge in [0.25, 0.3) is 0 Å². The molecular weight excluding hydrogens is 204 g/mol. The van der Waals surface area contributed by atoms with Crippen LogP contribution in [0.4, 0.5) is 0 Å². The SMILES string of the molecule is CC(O)CC(C)NC(=O)C1CCCCC1N. The molecule has 0 aromatic rings. The number of rotatable bonds is 4. The Morgan fingerprint density at radius 3 is 2.62 bits per heavy atom. The molecule has 4 atom stereocenters. The van der Waals surface area contributed by atoms with Gasteiger partial charge in [0.1, 0.15) is 0 Å². The summed E-state index contributed by atoms with van der Waals surface area (Å²) in [5.41, 5.74) is 5.95. The highest BCUT2D eigenvalue weighted by atomic mass is 16.3. The molecule has 1 fully saturated rings. The molecule has 1 aliphatic rings. The van der Waals surface area contributed by atoms with Crippen LogP contribution in [0.5, 0.6) is 0 Å². The van der Waals surface area contributed by atoms with Gasteiger partial charge < -0.3 is 16.2 Å². The summed E-state index contributed by atoms with van der Waals surface area (Å²) in [6.45, 7) is 3.65. The zero-order valence-electron chi connectivity index (χ0n) is 10.3. The Kier molecular flexibility index (Phi) is 5.22. The minimum absolute atomic E-state index is 0.00694. The van der Waals surface area contributed by atoms with E-state index in [-0.39, 0.29) is 30.0 Å². The Hall–Kier alpha value is -0.610. The number of hydrogen-bond acceptors (Lipinski definition) is 3. The second kappa shape index (κ2) is 6.21. The van der Waals surface area contributed by atoms with E-state index in [1.807, 2.05) is 6.92 Å². The van der Waals surface area contributed by atoms with Gasteiger partial charge in [0.15, 0.2) is 0 Å². The topological polar surface area (TPSA) is 75.3 Å². The summed E-state index contributed by atoms with van der Waals surface area (Å²) >= 11 is 0. The number of carbonyl (C=O) groups is 1. The number of carbonyl (C=O) groups excluding carboxylic acids is 1. The van der Waals surface area contributed by atoms with Crippen LogP contribution < -0.4 is 11.1 Å². The Morgan fingerprint density at radius 1 is 1.44 bits per heavy atom. The lowest BCUT2D eigenvalue weighted by molar-refractivity contribution is -0.127. The average Bonchev–Trinajstić information content (AvgIpc) is 2.16. The molecule has 4 N–H and O–H groups in total. The molecule has 0 spiro atoms. The molecule has 0 aliphatic heterocycles. The molecule has 94 valence electrons. The van der Waals surface area contributed by atoms with Gasteiger partial charge in [-0.15, -0.1) is 0 Å². The molecule has 0 radical (unpaired) electrons. The van der Waals surface area contributed by atoms with Crippen molar-refractivity contribution in [1.29, 1.82) is 0 Å². The first-order chi connectivity index (χ1) is 7.50. The van der Waals surface area contributed by atoms with E-state index >= 15 is 0 Å². The number of nitrogens with one attached hydrogen (secondary N) is 1. The van der Waals surface area contributed by atoms with Crippen molar-refractivity contribution >= 4 is 5.91 Å². The third-order valence-electron chi connectivity index (χ3n) is 3.24. The molecule has 0 saturated heterocycles. The van der Waals surface area contributed by atoms with Crippen LogP contribution in [0, 0.1) is 5.92 Å². The van der Waals surface area contributed by atoms with Crippen LogP contribution in [0.15, 0.2) is 0 Å². The summed E-state index contributed by atoms with van der Waals surface area (Å²) in [6, 6.07) is 0.0223. The summed E-state index contributed by atoms with van der Waals surface area (Å²) < 4.78 is 0. The highest BCUT2D eigenvalue weighted by molar-refractivity contribution is 5.79. The number of nitrogens with two attached hydrogens (primary N) is 1. The third kappa shape index (κ3) is 4.10. The van der Waals surface area contributed by atoms with Gasteiger partial charge in [0, 0.05) is 12.1 Å². The van der Waals surface area contributed by atoms with E-state index in [0.29, 0.717) is 6.42 Å². The fraction of sp³-hybridized carbons (Fsp3) is 0.917. The summed E-state index contributed by atoms with van der Waals surface area (Å²) in [5, 5.41) is 12.2. The van der Waals surface area contributed by atoms with Crippen LogP contribution in [0.1, 0.15) is 46.0 Å². The standard InChI is InChI=1S/C12H24N2O2/c1-8(7-9(2)15)14-12(16)10-5-3-4-6-11(10)13/h8-11,15H,3-7,13H2,1-2H3,(H,14,16). The van der Waals surface area contributed by atoms with Gasteiger partial charge >= 0.3 is 0 Å². The Bertz CT molecular complexity index is 231. The molecule has 4 heteroatoms. The second-order valence-electron chi connectivity index (χ2n) is 5.05. The van der Waals surface area contributed by atoms with E-state index in [2.05, 4.69) is 5.32 Å². The average molecular weight is 228 g/mol. The Balaban J connectivity index is 2.38. The number of aliphatic hydroxyl groups is 1. The van der Waals surface area contributed by atoms with Crippen molar-refractivity contribution in [3.8, 4) is 0 Å². The lowest BCUT2D eigenvalue weighted by Crippen LogP contribution is -2.46. The smallest absolute Gasteiger partial charge is 0.224 e. The summed E-state index contributed by atoms with van der Waals surface area (Å²) in [4.78, 5) is 11.9. The monoisotopic (exact) mass is 228 g/mol. The Morgan fingerprint density at radius 2 is 2.06 bits per heavy atom. The lowest BCUT2D eigenvalue weighted by Gasteiger charge is -2.29. The van der Waals surface area contributed by atoms with Crippen LogP contribution in [-0.4, -0.2) is 29.2 Å². The Labute approximate surface area is 97.6 Å². The minimum Gasteiger partial charge on any atom is -0.393 e. The molecule has 4 nitrogen and oxygen atoms in total. The summed E-state index contributed by atoms with van der Waals surface area (Å²) in [5.74, 6) is 0.0190. The first kappa shape index (κ1) is 13.5. The van der Waals surface area contributed by atoms with Crippen molar-refractivity contribution in [1.82, 2.24) is 5.32 Å². The molecule has 1 rings (SSSR count). The third-order valence-corrected chi connectivity index (χ3v) is 3.24. The van der Waals surface area contributed by atoms with Gasteiger partial charge in [0.05, 0.1) is 12.0 Å². The lowest BCUT2D eigenvalue weighted by atomic mass is 9.84. The summed E-state index contributed by atoms with van der Waals surface area (Å²) in [7, 11) is 0. The molecule has 16 heavy (non-hydrogen) atoms. The van der Waals surface area contributed by atoms with Crippen molar-refractivity contribution in [3.63, 3.8) is 0 Å². The van der Waals surface area contributed by atoms with Gasteiger partial charge in [0.2, 0.25) is 5.91 Å². The van der Waals surface area contributed by atoms with Crippen molar-refractivity contribution in [2.24, 2.45) is 11.7 Å². The van der Waals surface area contributed by atoms with E-state index in [0.717, 1.165) is 25.7 Å². The fourth-order valence-electron chi connectivity index (χ4n) is 2.41. The highest BCUT2D eigenvalue weighted by Crippen LogP contribution is 2.23. The highest BCUT2D eigenvalue weighted by Gasteiger charge is 2.28. The van der Waals surface area contributed by atoms with Crippen molar-refractivity contribution < 1.29 is 9.90 Å². The molecule has 0 aromatic carbocycles. The maximum Gasteiger partial charge on any atom is 0.224 e. The van der Waals surface area contributed by atoms with Crippen LogP contribution in [0.2, 0.25) is 0 Å². The van der Waals surface area contributed by atoms with Gasteiger partial charge in [-0.05, 0) is 33.1 Å². The van der Waals surface area contributed by atoms with Crippen LogP contribution in [-0.2, 0) is 4.79 Å². The summed E-state index contributed by atoms with van der Waals surface area (Å²) in [6.07, 6.45) is 4.28. The van der Waals surface area contributed by atoms with E-state index in [9.17, 15) is 9.90 Å². The van der Waals surface area contributed by atoms with Gasteiger partial charge in [-0.2, -0.15) is 0 Å². The zero-order chi connectivity index (χ0) is 12.1. The predicted octanol–water partition coefficient (Wildman–Crippen LogP) is 0.779. The van der Waals surface area contributed by atoms with Crippen molar-refractivity contribution in [2.45, 2.75) is 64.1 Å². The largest absolute Gasteiger partial charge is 0.393 e. The first-order valence-corrected chi connectivity index (χ1v) is 6.24. The number of aliphatic hydroxyl groups excluding tert-OH is 1. The van der Waals surface area contributed by atoms with Crippen LogP contribution in [0.25, 0.3) is 0 Å². The maximum atomic E-state index is 11.9. The quantitative estimate of drug-likeness (QED) is 0.665. The van der Waals surface area contributed by atoms with Gasteiger partial charge in [-0.25, -0.2) is 0 Å². The van der Waals surface area contributed by atoms with Crippen LogP contribution in [0.3, 0.4) is 0 Å². The van der Waals surface area contributed by atoms with E-state index in [1.165, 1.54) is 0 Å². The maximum absolute atomic E-state index is 11.9. The van der Waals surface area contributed by atoms with Crippen molar-refractivity contribution in [2.75, 3.05) is 0 Å². The zero-order valence-corrected chi connectivity index (χ0v) is 10.3. The van der Waals surface area contributed by atoms with E-state index in [1.54, 1.807) is 6.92 Å². The van der Waals surface area contributed by atoms with Crippen molar-refractivity contribution in [3.05, 3.63) is 0 Å². The minimum atomic E-state index is -0.379. The molecule has 0 aromatic heterocycles. The van der Waals surface area contributed by atoms with Gasteiger partial charge in [-0.3, -0.25) is 4.79 Å². The molecule has 1 aliphatic carbocycles. The molecule has 0 heterocycles. The molecule has 1 saturated carbocycles. The van der Waals surface area contributed by atoms with Gasteiger partial charge in [-0.1, -0.05) is 12.8 Å². The normalized spacial score (nSPS) is 29.5.